The summed E-state index contributed by atoms with van der Waals surface area (Å²) in [4.78, 5) is 25.0. The standard InChI is InChI=1S/C8H8N2O3.C7H7F/c1-5(11)10-7-6(8(12)13)3-2-4-9-7;1-6-2-4-7(8)5-3-6/h2-4H,1H3,(H,12,13)(H,9,10,11);2-5H,1H3. The topological polar surface area (TPSA) is 79.3 Å². The Kier molecular flexibility index (Phi) is 6.00. The molecule has 0 spiro atoms. The molecule has 2 aromatic rings. The number of rotatable bonds is 2. The summed E-state index contributed by atoms with van der Waals surface area (Å²) in [5.41, 5.74) is 1.07. The van der Waals surface area contributed by atoms with Crippen LogP contribution in [0.2, 0.25) is 0 Å². The number of aromatic nitrogens is 1. The minimum absolute atomic E-state index is 0.0160. The molecule has 110 valence electrons. The van der Waals surface area contributed by atoms with Gasteiger partial charge in [0.1, 0.15) is 17.2 Å². The minimum atomic E-state index is -1.11. The van der Waals surface area contributed by atoms with Crippen molar-refractivity contribution in [3.8, 4) is 0 Å². The van der Waals surface area contributed by atoms with Crippen molar-refractivity contribution < 1.29 is 19.1 Å². The highest BCUT2D eigenvalue weighted by atomic mass is 19.1. The van der Waals surface area contributed by atoms with E-state index in [9.17, 15) is 14.0 Å². The Bertz CT molecular complexity index is 606. The highest BCUT2D eigenvalue weighted by Gasteiger charge is 2.10. The van der Waals surface area contributed by atoms with Gasteiger partial charge < -0.3 is 10.4 Å². The average molecular weight is 290 g/mol. The van der Waals surface area contributed by atoms with E-state index in [2.05, 4.69) is 10.3 Å². The third-order valence-corrected chi connectivity index (χ3v) is 2.34. The zero-order chi connectivity index (χ0) is 15.8. The predicted octanol–water partition coefficient (Wildman–Crippen LogP) is 2.87. The molecule has 0 aliphatic heterocycles. The smallest absolute Gasteiger partial charge is 0.339 e. The molecular weight excluding hydrogens is 275 g/mol. The van der Waals surface area contributed by atoms with Gasteiger partial charge in [-0.15, -0.1) is 0 Å². The second-order valence-corrected chi connectivity index (χ2v) is 4.18. The van der Waals surface area contributed by atoms with Crippen LogP contribution in [0.25, 0.3) is 0 Å². The van der Waals surface area contributed by atoms with Crippen molar-refractivity contribution in [2.45, 2.75) is 13.8 Å². The van der Waals surface area contributed by atoms with Crippen LogP contribution < -0.4 is 5.32 Å². The van der Waals surface area contributed by atoms with Crippen molar-refractivity contribution in [3.63, 3.8) is 0 Å². The lowest BCUT2D eigenvalue weighted by Crippen LogP contribution is -2.12. The second kappa shape index (κ2) is 7.74. The van der Waals surface area contributed by atoms with Crippen LogP contribution in [0.1, 0.15) is 22.8 Å². The SMILES string of the molecule is CC(=O)Nc1ncccc1C(=O)O.Cc1ccc(F)cc1. The molecule has 2 rings (SSSR count). The van der Waals surface area contributed by atoms with E-state index < -0.39 is 5.97 Å². The molecule has 21 heavy (non-hydrogen) atoms. The van der Waals surface area contributed by atoms with Gasteiger partial charge in [-0.3, -0.25) is 4.79 Å². The molecule has 1 heterocycles. The van der Waals surface area contributed by atoms with Gasteiger partial charge >= 0.3 is 5.97 Å². The predicted molar refractivity (Wildman–Crippen MR) is 76.6 cm³/mol. The summed E-state index contributed by atoms with van der Waals surface area (Å²) < 4.78 is 12.1. The van der Waals surface area contributed by atoms with Crippen LogP contribution in [-0.4, -0.2) is 22.0 Å². The van der Waals surface area contributed by atoms with E-state index in [0.717, 1.165) is 5.56 Å². The number of carbonyl (C=O) groups is 2. The summed E-state index contributed by atoms with van der Waals surface area (Å²) >= 11 is 0. The molecule has 0 saturated carbocycles. The van der Waals surface area contributed by atoms with Crippen molar-refractivity contribution in [1.29, 1.82) is 0 Å². The Morgan fingerprint density at radius 3 is 2.29 bits per heavy atom. The van der Waals surface area contributed by atoms with Gasteiger partial charge in [0.2, 0.25) is 5.91 Å². The summed E-state index contributed by atoms with van der Waals surface area (Å²) in [6.45, 7) is 3.22. The van der Waals surface area contributed by atoms with Gasteiger partial charge in [0.25, 0.3) is 0 Å². The van der Waals surface area contributed by atoms with Crippen molar-refractivity contribution in [3.05, 3.63) is 59.5 Å². The molecule has 0 atom stereocenters. The molecule has 0 saturated heterocycles. The Hall–Kier alpha value is -2.76. The van der Waals surface area contributed by atoms with Gasteiger partial charge in [0, 0.05) is 13.1 Å². The number of pyridine rings is 1. The molecule has 6 heteroatoms. The molecule has 0 aliphatic rings. The second-order valence-electron chi connectivity index (χ2n) is 4.18. The summed E-state index contributed by atoms with van der Waals surface area (Å²) in [7, 11) is 0. The lowest BCUT2D eigenvalue weighted by atomic mass is 10.2. The number of aromatic carboxylic acids is 1. The van der Waals surface area contributed by atoms with Crippen LogP contribution in [0, 0.1) is 12.7 Å². The number of aryl methyl sites for hydroxylation is 1. The van der Waals surface area contributed by atoms with Crippen molar-refractivity contribution in [1.82, 2.24) is 4.98 Å². The number of carbonyl (C=O) groups excluding carboxylic acids is 1. The van der Waals surface area contributed by atoms with Crippen LogP contribution in [0.15, 0.2) is 42.6 Å². The fraction of sp³-hybridized carbons (Fsp3) is 0.133. The monoisotopic (exact) mass is 290 g/mol. The van der Waals surface area contributed by atoms with Gasteiger partial charge in [0.15, 0.2) is 0 Å². The highest BCUT2D eigenvalue weighted by Crippen LogP contribution is 2.10. The van der Waals surface area contributed by atoms with E-state index in [1.165, 1.54) is 37.4 Å². The number of halogens is 1. The molecule has 1 amide bonds. The van der Waals surface area contributed by atoms with E-state index in [0.29, 0.717) is 0 Å². The van der Waals surface area contributed by atoms with Gasteiger partial charge in [-0.1, -0.05) is 17.7 Å². The Morgan fingerprint density at radius 1 is 1.19 bits per heavy atom. The highest BCUT2D eigenvalue weighted by molar-refractivity contribution is 5.98. The summed E-state index contributed by atoms with van der Waals surface area (Å²) in [6.07, 6.45) is 1.41. The maximum atomic E-state index is 12.1. The first-order chi connectivity index (χ1) is 9.90. The number of nitrogens with one attached hydrogen (secondary N) is 1. The van der Waals surface area contributed by atoms with E-state index in [1.807, 2.05) is 6.92 Å². The largest absolute Gasteiger partial charge is 0.478 e. The van der Waals surface area contributed by atoms with E-state index in [-0.39, 0.29) is 23.1 Å². The fourth-order valence-electron chi connectivity index (χ4n) is 1.38. The fourth-order valence-corrected chi connectivity index (χ4v) is 1.38. The van der Waals surface area contributed by atoms with Crippen molar-refractivity contribution in [2.24, 2.45) is 0 Å². The van der Waals surface area contributed by atoms with Crippen LogP contribution in [-0.2, 0) is 4.79 Å². The molecule has 2 N–H and O–H groups in total. The van der Waals surface area contributed by atoms with E-state index >= 15 is 0 Å². The first-order valence-electron chi connectivity index (χ1n) is 6.08. The summed E-state index contributed by atoms with van der Waals surface area (Å²) in [6, 6.07) is 9.27. The third-order valence-electron chi connectivity index (χ3n) is 2.34. The molecule has 5 nitrogen and oxygen atoms in total. The normalized spacial score (nSPS) is 9.29. The van der Waals surface area contributed by atoms with Crippen LogP contribution in [0.3, 0.4) is 0 Å². The molecule has 0 fully saturated rings. The molecule has 0 radical (unpaired) electrons. The van der Waals surface area contributed by atoms with Gasteiger partial charge in [0.05, 0.1) is 0 Å². The van der Waals surface area contributed by atoms with E-state index in [1.54, 1.807) is 12.1 Å². The molecule has 0 aliphatic carbocycles. The van der Waals surface area contributed by atoms with E-state index in [4.69, 9.17) is 5.11 Å². The number of nitrogens with zero attached hydrogens (tertiary/aromatic N) is 1. The Morgan fingerprint density at radius 2 is 1.81 bits per heavy atom. The quantitative estimate of drug-likeness (QED) is 0.891. The zero-order valence-corrected chi connectivity index (χ0v) is 11.6. The number of anilines is 1. The van der Waals surface area contributed by atoms with Crippen LogP contribution in [0.4, 0.5) is 10.2 Å². The maximum absolute atomic E-state index is 12.1. The van der Waals surface area contributed by atoms with Crippen molar-refractivity contribution in [2.75, 3.05) is 5.32 Å². The number of benzene rings is 1. The molecule has 1 aromatic carbocycles. The molecule has 1 aromatic heterocycles. The number of amides is 1. The summed E-state index contributed by atoms with van der Waals surface area (Å²) in [5, 5.41) is 11.0. The number of hydrogen-bond donors (Lipinski definition) is 2. The Labute approximate surface area is 121 Å². The first-order valence-corrected chi connectivity index (χ1v) is 6.08. The number of hydrogen-bond acceptors (Lipinski definition) is 3. The van der Waals surface area contributed by atoms with Crippen molar-refractivity contribution >= 4 is 17.7 Å². The molecule has 0 unspecified atom stereocenters. The number of carboxylic acids is 1. The maximum Gasteiger partial charge on any atom is 0.339 e. The Balaban J connectivity index is 0.000000235. The van der Waals surface area contributed by atoms with Gasteiger partial charge in [-0.25, -0.2) is 14.2 Å². The molecular formula is C15H15FN2O3. The third kappa shape index (κ3) is 5.82. The lowest BCUT2D eigenvalue weighted by molar-refractivity contribution is -0.114. The summed E-state index contributed by atoms with van der Waals surface area (Å²) in [5.74, 6) is -1.56. The van der Waals surface area contributed by atoms with Gasteiger partial charge in [-0.05, 0) is 31.2 Å². The van der Waals surface area contributed by atoms with Crippen LogP contribution >= 0.6 is 0 Å². The lowest BCUT2D eigenvalue weighted by Gasteiger charge is -2.03. The average Bonchev–Trinajstić information content (AvgIpc) is 2.42. The number of carboxylic acid groups (broad SMARTS) is 1. The van der Waals surface area contributed by atoms with Crippen LogP contribution in [0.5, 0.6) is 0 Å². The van der Waals surface area contributed by atoms with Gasteiger partial charge in [-0.2, -0.15) is 0 Å². The minimum Gasteiger partial charge on any atom is -0.478 e. The molecule has 0 bridgehead atoms. The zero-order valence-electron chi connectivity index (χ0n) is 11.6. The first kappa shape index (κ1) is 16.3.